The van der Waals surface area contributed by atoms with Crippen molar-refractivity contribution in [2.24, 2.45) is 5.41 Å². The summed E-state index contributed by atoms with van der Waals surface area (Å²) in [6.07, 6.45) is 0.953. The van der Waals surface area contributed by atoms with Gasteiger partial charge in [-0.1, -0.05) is 13.8 Å². The predicted octanol–water partition coefficient (Wildman–Crippen LogP) is 2.07. The van der Waals surface area contributed by atoms with Crippen LogP contribution >= 0.6 is 0 Å². The first-order chi connectivity index (χ1) is 8.04. The summed E-state index contributed by atoms with van der Waals surface area (Å²) in [5, 5.41) is 11.7. The third kappa shape index (κ3) is 3.89. The lowest BCUT2D eigenvalue weighted by Gasteiger charge is -2.35. The average molecular weight is 256 g/mol. The first kappa shape index (κ1) is 14.8. The van der Waals surface area contributed by atoms with E-state index in [1.54, 1.807) is 4.90 Å². The van der Waals surface area contributed by atoms with E-state index >= 15 is 0 Å². The number of nitrogens with zero attached hydrogens (tertiary/aromatic N) is 1. The summed E-state index contributed by atoms with van der Waals surface area (Å²) in [7, 11) is 0. The Labute approximate surface area is 109 Å². The number of amides is 2. The predicted molar refractivity (Wildman–Crippen MR) is 69.4 cm³/mol. The topological polar surface area (TPSA) is 69.6 Å². The lowest BCUT2D eigenvalue weighted by atomic mass is 10.1. The van der Waals surface area contributed by atoms with Gasteiger partial charge in [-0.3, -0.25) is 4.79 Å². The molecule has 5 nitrogen and oxygen atoms in total. The van der Waals surface area contributed by atoms with Crippen LogP contribution in [-0.2, 0) is 4.79 Å². The number of hydrogen-bond acceptors (Lipinski definition) is 2. The molecule has 2 amide bonds. The summed E-state index contributed by atoms with van der Waals surface area (Å²) in [5.74, 6) is -0.885. The maximum absolute atomic E-state index is 12.2. The van der Waals surface area contributed by atoms with Crippen molar-refractivity contribution in [1.82, 2.24) is 10.2 Å². The molecule has 1 atom stereocenters. The standard InChI is InChI=1S/C13H24N2O3/c1-12(2,3)15(7-6-10(16)17)11(18)14-9-8-13(9,4)5/h9H,6-8H2,1-5H3,(H,14,18)(H,16,17). The zero-order valence-electron chi connectivity index (χ0n) is 11.9. The number of rotatable bonds is 4. The second kappa shape index (κ2) is 4.78. The number of carbonyl (C=O) groups excluding carboxylic acids is 1. The van der Waals surface area contributed by atoms with Gasteiger partial charge in [0.1, 0.15) is 0 Å². The van der Waals surface area contributed by atoms with Crippen molar-refractivity contribution in [3.05, 3.63) is 0 Å². The number of carboxylic acid groups (broad SMARTS) is 1. The Hall–Kier alpha value is -1.26. The Morgan fingerprint density at radius 2 is 1.89 bits per heavy atom. The number of urea groups is 1. The fourth-order valence-corrected chi connectivity index (χ4v) is 1.89. The number of hydrogen-bond donors (Lipinski definition) is 2. The Morgan fingerprint density at radius 3 is 2.22 bits per heavy atom. The molecule has 0 aromatic carbocycles. The summed E-state index contributed by atoms with van der Waals surface area (Å²) < 4.78 is 0. The largest absolute Gasteiger partial charge is 0.481 e. The minimum absolute atomic E-state index is 0.0290. The zero-order chi connectivity index (χ0) is 14.1. The van der Waals surface area contributed by atoms with Crippen molar-refractivity contribution in [2.75, 3.05) is 6.54 Å². The fraction of sp³-hybridized carbons (Fsp3) is 0.846. The van der Waals surface area contributed by atoms with Gasteiger partial charge in [0, 0.05) is 18.1 Å². The van der Waals surface area contributed by atoms with E-state index in [1.807, 2.05) is 20.8 Å². The molecule has 104 valence electrons. The van der Waals surface area contributed by atoms with Gasteiger partial charge in [-0.25, -0.2) is 4.79 Å². The Kier molecular flexibility index (Phi) is 3.93. The van der Waals surface area contributed by atoms with Crippen LogP contribution in [0.25, 0.3) is 0 Å². The number of carboxylic acids is 1. The van der Waals surface area contributed by atoms with Crippen LogP contribution in [0.3, 0.4) is 0 Å². The molecule has 1 rings (SSSR count). The second-order valence-electron chi connectivity index (χ2n) is 6.66. The molecule has 0 aromatic heterocycles. The molecule has 1 unspecified atom stereocenters. The molecule has 0 saturated heterocycles. The molecule has 1 saturated carbocycles. The molecule has 0 aromatic rings. The minimum Gasteiger partial charge on any atom is -0.481 e. The Morgan fingerprint density at radius 1 is 1.39 bits per heavy atom. The van der Waals surface area contributed by atoms with Gasteiger partial charge >= 0.3 is 12.0 Å². The quantitative estimate of drug-likeness (QED) is 0.809. The van der Waals surface area contributed by atoms with Crippen molar-refractivity contribution in [2.45, 2.75) is 59.0 Å². The molecule has 0 radical (unpaired) electrons. The summed E-state index contributed by atoms with van der Waals surface area (Å²) in [6.45, 7) is 10.2. The first-order valence-corrected chi connectivity index (χ1v) is 6.34. The molecular weight excluding hydrogens is 232 g/mol. The molecule has 2 N–H and O–H groups in total. The zero-order valence-corrected chi connectivity index (χ0v) is 11.9. The van der Waals surface area contributed by atoms with Crippen molar-refractivity contribution in [3.8, 4) is 0 Å². The van der Waals surface area contributed by atoms with Gasteiger partial charge in [0.05, 0.1) is 6.42 Å². The second-order valence-corrected chi connectivity index (χ2v) is 6.66. The van der Waals surface area contributed by atoms with Crippen molar-refractivity contribution >= 4 is 12.0 Å². The van der Waals surface area contributed by atoms with Crippen molar-refractivity contribution in [1.29, 1.82) is 0 Å². The Balaban J connectivity index is 2.59. The maximum atomic E-state index is 12.2. The van der Waals surface area contributed by atoms with Crippen LogP contribution in [0.2, 0.25) is 0 Å². The van der Waals surface area contributed by atoms with E-state index in [-0.39, 0.29) is 36.0 Å². The number of carbonyl (C=O) groups is 2. The molecule has 0 spiro atoms. The SMILES string of the molecule is CC1(C)CC1NC(=O)N(CCC(=O)O)C(C)(C)C. The summed E-state index contributed by atoms with van der Waals surface area (Å²) in [5.41, 5.74) is -0.204. The third-order valence-corrected chi connectivity index (χ3v) is 3.42. The van der Waals surface area contributed by atoms with Gasteiger partial charge in [-0.2, -0.15) is 0 Å². The molecule has 0 heterocycles. The van der Waals surface area contributed by atoms with Crippen LogP contribution in [-0.4, -0.2) is 40.1 Å². The highest BCUT2D eigenvalue weighted by Crippen LogP contribution is 2.44. The van der Waals surface area contributed by atoms with Gasteiger partial charge in [-0.05, 0) is 32.6 Å². The van der Waals surface area contributed by atoms with Gasteiger partial charge in [0.2, 0.25) is 0 Å². The van der Waals surface area contributed by atoms with E-state index < -0.39 is 5.97 Å². The fourth-order valence-electron chi connectivity index (χ4n) is 1.89. The highest BCUT2D eigenvalue weighted by atomic mass is 16.4. The molecular formula is C13H24N2O3. The first-order valence-electron chi connectivity index (χ1n) is 6.34. The van der Waals surface area contributed by atoms with Crippen molar-refractivity contribution in [3.63, 3.8) is 0 Å². The van der Waals surface area contributed by atoms with Crippen LogP contribution in [0.15, 0.2) is 0 Å². The molecule has 1 aliphatic carbocycles. The molecule has 0 bridgehead atoms. The molecule has 1 fully saturated rings. The van der Waals surface area contributed by atoms with E-state index in [9.17, 15) is 9.59 Å². The number of nitrogens with one attached hydrogen (secondary N) is 1. The molecule has 18 heavy (non-hydrogen) atoms. The van der Waals surface area contributed by atoms with E-state index in [0.29, 0.717) is 0 Å². The van der Waals surface area contributed by atoms with Gasteiger partial charge in [-0.15, -0.1) is 0 Å². The Bertz CT molecular complexity index is 345. The van der Waals surface area contributed by atoms with E-state index in [4.69, 9.17) is 5.11 Å². The smallest absolute Gasteiger partial charge is 0.318 e. The average Bonchev–Trinajstić information content (AvgIpc) is 2.70. The van der Waals surface area contributed by atoms with E-state index in [1.165, 1.54) is 0 Å². The van der Waals surface area contributed by atoms with Crippen LogP contribution in [0.5, 0.6) is 0 Å². The lowest BCUT2D eigenvalue weighted by molar-refractivity contribution is -0.137. The molecule has 5 heteroatoms. The van der Waals surface area contributed by atoms with Crippen molar-refractivity contribution < 1.29 is 14.7 Å². The summed E-state index contributed by atoms with van der Waals surface area (Å²) in [4.78, 5) is 24.4. The maximum Gasteiger partial charge on any atom is 0.318 e. The van der Waals surface area contributed by atoms with E-state index in [2.05, 4.69) is 19.2 Å². The van der Waals surface area contributed by atoms with Gasteiger partial charge in [0.25, 0.3) is 0 Å². The van der Waals surface area contributed by atoms with Crippen LogP contribution in [0, 0.1) is 5.41 Å². The highest BCUT2D eigenvalue weighted by molar-refractivity contribution is 5.76. The minimum atomic E-state index is -0.885. The van der Waals surface area contributed by atoms with Crippen LogP contribution < -0.4 is 5.32 Å². The van der Waals surface area contributed by atoms with Gasteiger partial charge in [0.15, 0.2) is 0 Å². The monoisotopic (exact) mass is 256 g/mol. The lowest BCUT2D eigenvalue weighted by Crippen LogP contribution is -2.52. The molecule has 0 aliphatic heterocycles. The van der Waals surface area contributed by atoms with Crippen LogP contribution in [0.4, 0.5) is 4.79 Å². The molecule has 1 aliphatic rings. The van der Waals surface area contributed by atoms with Crippen LogP contribution in [0.1, 0.15) is 47.5 Å². The normalized spacial score (nSPS) is 21.3. The summed E-state index contributed by atoms with van der Waals surface area (Å²) in [6, 6.07) is 0.0407. The van der Waals surface area contributed by atoms with Gasteiger partial charge < -0.3 is 15.3 Å². The number of aliphatic carboxylic acids is 1. The summed E-state index contributed by atoms with van der Waals surface area (Å²) >= 11 is 0. The van der Waals surface area contributed by atoms with E-state index in [0.717, 1.165) is 6.42 Å². The third-order valence-electron chi connectivity index (χ3n) is 3.42. The highest BCUT2D eigenvalue weighted by Gasteiger charge is 2.47.